The summed E-state index contributed by atoms with van der Waals surface area (Å²) in [7, 11) is 0. The van der Waals surface area contributed by atoms with E-state index in [1.165, 1.54) is 12.1 Å². The molecular formula is C16H20F3NO2. The Morgan fingerprint density at radius 3 is 2.27 bits per heavy atom. The second-order valence-corrected chi connectivity index (χ2v) is 5.93. The number of aliphatic carboxylic acids is 1. The molecule has 1 heterocycles. The second-order valence-electron chi connectivity index (χ2n) is 5.93. The first-order valence-electron chi connectivity index (χ1n) is 7.39. The fourth-order valence-electron chi connectivity index (χ4n) is 2.86. The summed E-state index contributed by atoms with van der Waals surface area (Å²) in [5.41, 5.74) is 0.235. The summed E-state index contributed by atoms with van der Waals surface area (Å²) in [6, 6.07) is 5.28. The normalized spacial score (nSPS) is 19.1. The SMILES string of the molecule is CC(CN1CCC(C(=O)O)CC1)c1ccc(C(F)(F)F)cc1. The van der Waals surface area contributed by atoms with Crippen molar-refractivity contribution < 1.29 is 23.1 Å². The molecule has 0 radical (unpaired) electrons. The molecule has 0 aromatic heterocycles. The van der Waals surface area contributed by atoms with Crippen molar-refractivity contribution in [2.75, 3.05) is 19.6 Å². The number of alkyl halides is 3. The third-order valence-corrected chi connectivity index (χ3v) is 4.28. The molecule has 6 heteroatoms. The molecule has 1 atom stereocenters. The van der Waals surface area contributed by atoms with Crippen LogP contribution in [0.3, 0.4) is 0 Å². The molecule has 0 saturated carbocycles. The van der Waals surface area contributed by atoms with E-state index in [1.807, 2.05) is 6.92 Å². The Kier molecular flexibility index (Phi) is 5.11. The monoisotopic (exact) mass is 315 g/mol. The smallest absolute Gasteiger partial charge is 0.416 e. The van der Waals surface area contributed by atoms with Crippen molar-refractivity contribution in [1.29, 1.82) is 0 Å². The Morgan fingerprint density at radius 1 is 1.27 bits per heavy atom. The van der Waals surface area contributed by atoms with Gasteiger partial charge in [-0.1, -0.05) is 19.1 Å². The minimum Gasteiger partial charge on any atom is -0.481 e. The fourth-order valence-corrected chi connectivity index (χ4v) is 2.86. The first-order chi connectivity index (χ1) is 10.3. The van der Waals surface area contributed by atoms with Gasteiger partial charge in [0.1, 0.15) is 0 Å². The summed E-state index contributed by atoms with van der Waals surface area (Å²) in [6.07, 6.45) is -3.04. The maximum atomic E-state index is 12.5. The zero-order valence-corrected chi connectivity index (χ0v) is 12.4. The quantitative estimate of drug-likeness (QED) is 0.923. The van der Waals surface area contributed by atoms with E-state index in [0.717, 1.165) is 37.3 Å². The summed E-state index contributed by atoms with van der Waals surface area (Å²) in [4.78, 5) is 13.1. The Morgan fingerprint density at radius 2 is 1.82 bits per heavy atom. The largest absolute Gasteiger partial charge is 0.481 e. The maximum absolute atomic E-state index is 12.5. The Bertz CT molecular complexity index is 505. The summed E-state index contributed by atoms with van der Waals surface area (Å²) in [5.74, 6) is -0.892. The van der Waals surface area contributed by atoms with E-state index in [0.29, 0.717) is 12.8 Å². The molecule has 1 aliphatic heterocycles. The van der Waals surface area contributed by atoms with E-state index in [-0.39, 0.29) is 11.8 Å². The highest BCUT2D eigenvalue weighted by atomic mass is 19.4. The minimum atomic E-state index is -4.31. The lowest BCUT2D eigenvalue weighted by molar-refractivity contribution is -0.143. The van der Waals surface area contributed by atoms with Crippen LogP contribution in [0.2, 0.25) is 0 Å². The number of hydrogen-bond donors (Lipinski definition) is 1. The number of piperidine rings is 1. The summed E-state index contributed by atoms with van der Waals surface area (Å²) in [5, 5.41) is 8.97. The van der Waals surface area contributed by atoms with Gasteiger partial charge in [-0.15, -0.1) is 0 Å². The van der Waals surface area contributed by atoms with Crippen LogP contribution in [0.4, 0.5) is 13.2 Å². The number of carboxylic acids is 1. The number of benzene rings is 1. The van der Waals surface area contributed by atoms with Gasteiger partial charge in [0.2, 0.25) is 0 Å². The van der Waals surface area contributed by atoms with E-state index in [2.05, 4.69) is 4.90 Å². The zero-order valence-electron chi connectivity index (χ0n) is 12.4. The van der Waals surface area contributed by atoms with Crippen LogP contribution in [0, 0.1) is 5.92 Å². The number of carboxylic acid groups (broad SMARTS) is 1. The van der Waals surface area contributed by atoms with Crippen LogP contribution >= 0.6 is 0 Å². The van der Waals surface area contributed by atoms with Crippen LogP contribution in [0.5, 0.6) is 0 Å². The first-order valence-corrected chi connectivity index (χ1v) is 7.39. The van der Waals surface area contributed by atoms with Gasteiger partial charge in [-0.2, -0.15) is 13.2 Å². The van der Waals surface area contributed by atoms with Gasteiger partial charge in [0.25, 0.3) is 0 Å². The summed E-state index contributed by atoms with van der Waals surface area (Å²) in [6.45, 7) is 4.16. The average Bonchev–Trinajstić information content (AvgIpc) is 2.47. The van der Waals surface area contributed by atoms with Crippen molar-refractivity contribution in [3.05, 3.63) is 35.4 Å². The number of carbonyl (C=O) groups is 1. The minimum absolute atomic E-state index is 0.115. The van der Waals surface area contributed by atoms with Crippen LogP contribution in [-0.4, -0.2) is 35.6 Å². The molecule has 1 aromatic carbocycles. The molecule has 1 aromatic rings. The molecule has 1 fully saturated rings. The standard InChI is InChI=1S/C16H20F3NO2/c1-11(10-20-8-6-13(7-9-20)15(21)22)12-2-4-14(5-3-12)16(17,18)19/h2-5,11,13H,6-10H2,1H3,(H,21,22). The molecule has 2 rings (SSSR count). The van der Waals surface area contributed by atoms with Gasteiger partial charge in [0.15, 0.2) is 0 Å². The predicted molar refractivity (Wildman–Crippen MR) is 76.7 cm³/mol. The number of halogens is 3. The first kappa shape index (κ1) is 16.8. The van der Waals surface area contributed by atoms with Crippen molar-refractivity contribution in [3.63, 3.8) is 0 Å². The number of likely N-dealkylation sites (tertiary alicyclic amines) is 1. The Labute approximate surface area is 127 Å². The molecule has 0 spiro atoms. The molecule has 22 heavy (non-hydrogen) atoms. The lowest BCUT2D eigenvalue weighted by Gasteiger charge is -2.32. The number of rotatable bonds is 4. The maximum Gasteiger partial charge on any atom is 0.416 e. The number of hydrogen-bond acceptors (Lipinski definition) is 2. The van der Waals surface area contributed by atoms with Gasteiger partial charge >= 0.3 is 12.1 Å². The van der Waals surface area contributed by atoms with Crippen LogP contribution in [0.1, 0.15) is 36.8 Å². The Hall–Kier alpha value is -1.56. The van der Waals surface area contributed by atoms with Gasteiger partial charge in [-0.05, 0) is 49.5 Å². The van der Waals surface area contributed by atoms with E-state index in [1.54, 1.807) is 0 Å². The molecular weight excluding hydrogens is 295 g/mol. The zero-order chi connectivity index (χ0) is 16.3. The van der Waals surface area contributed by atoms with E-state index in [9.17, 15) is 18.0 Å². The third kappa shape index (κ3) is 4.22. The van der Waals surface area contributed by atoms with Crippen LogP contribution in [0.25, 0.3) is 0 Å². The van der Waals surface area contributed by atoms with Crippen molar-refractivity contribution in [2.45, 2.75) is 31.9 Å². The van der Waals surface area contributed by atoms with E-state index in [4.69, 9.17) is 5.11 Å². The van der Waals surface area contributed by atoms with E-state index < -0.39 is 17.7 Å². The molecule has 122 valence electrons. The highest BCUT2D eigenvalue weighted by Crippen LogP contribution is 2.30. The van der Waals surface area contributed by atoms with E-state index >= 15 is 0 Å². The fraction of sp³-hybridized carbons (Fsp3) is 0.562. The molecule has 0 aliphatic carbocycles. The lowest BCUT2D eigenvalue weighted by Crippen LogP contribution is -2.38. The summed E-state index contributed by atoms with van der Waals surface area (Å²) < 4.78 is 37.6. The molecule has 0 bridgehead atoms. The van der Waals surface area contributed by atoms with Gasteiger partial charge in [0, 0.05) is 6.54 Å². The number of nitrogens with zero attached hydrogens (tertiary/aromatic N) is 1. The molecule has 0 amide bonds. The van der Waals surface area contributed by atoms with Crippen molar-refractivity contribution in [1.82, 2.24) is 4.90 Å². The predicted octanol–water partition coefficient (Wildman–Crippen LogP) is 3.61. The van der Waals surface area contributed by atoms with Crippen LogP contribution < -0.4 is 0 Å². The Balaban J connectivity index is 1.90. The van der Waals surface area contributed by atoms with Crippen LogP contribution in [-0.2, 0) is 11.0 Å². The lowest BCUT2D eigenvalue weighted by atomic mass is 9.94. The van der Waals surface area contributed by atoms with Crippen molar-refractivity contribution >= 4 is 5.97 Å². The van der Waals surface area contributed by atoms with Crippen LogP contribution in [0.15, 0.2) is 24.3 Å². The molecule has 1 aliphatic rings. The highest BCUT2D eigenvalue weighted by molar-refractivity contribution is 5.70. The van der Waals surface area contributed by atoms with Crippen molar-refractivity contribution in [3.8, 4) is 0 Å². The van der Waals surface area contributed by atoms with Crippen molar-refractivity contribution in [2.24, 2.45) is 5.92 Å². The molecule has 3 nitrogen and oxygen atoms in total. The third-order valence-electron chi connectivity index (χ3n) is 4.28. The molecule has 1 N–H and O–H groups in total. The summed E-state index contributed by atoms with van der Waals surface area (Å²) >= 11 is 0. The van der Waals surface area contributed by atoms with Gasteiger partial charge < -0.3 is 10.0 Å². The highest BCUT2D eigenvalue weighted by Gasteiger charge is 2.30. The molecule has 1 saturated heterocycles. The van der Waals surface area contributed by atoms with Gasteiger partial charge in [0.05, 0.1) is 11.5 Å². The molecule has 1 unspecified atom stereocenters. The van der Waals surface area contributed by atoms with Gasteiger partial charge in [-0.3, -0.25) is 4.79 Å². The second kappa shape index (κ2) is 6.69. The average molecular weight is 315 g/mol. The topological polar surface area (TPSA) is 40.5 Å². The van der Waals surface area contributed by atoms with Gasteiger partial charge in [-0.25, -0.2) is 0 Å².